The highest BCUT2D eigenvalue weighted by Crippen LogP contribution is 2.28. The van der Waals surface area contributed by atoms with Gasteiger partial charge in [-0.25, -0.2) is 12.7 Å². The summed E-state index contributed by atoms with van der Waals surface area (Å²) in [6, 6.07) is 7.30. The summed E-state index contributed by atoms with van der Waals surface area (Å²) in [6.45, 7) is 1.46. The van der Waals surface area contributed by atoms with Gasteiger partial charge in [0.25, 0.3) is 0 Å². The maximum Gasteiger partial charge on any atom is 0.221 e. The molecule has 1 amide bonds. The van der Waals surface area contributed by atoms with E-state index in [1.54, 1.807) is 6.07 Å². The predicted octanol–water partition coefficient (Wildman–Crippen LogP) is 2.61. The molecule has 0 radical (unpaired) electrons. The molecule has 1 aromatic heterocycles. The van der Waals surface area contributed by atoms with Crippen molar-refractivity contribution in [2.24, 2.45) is 0 Å². The highest BCUT2D eigenvalue weighted by atomic mass is 32.2. The van der Waals surface area contributed by atoms with Crippen molar-refractivity contribution in [3.05, 3.63) is 24.3 Å². The third-order valence-corrected chi connectivity index (χ3v) is 7.14. The summed E-state index contributed by atoms with van der Waals surface area (Å²) in [7, 11) is -0.0882. The molecule has 2 N–H and O–H groups in total. The van der Waals surface area contributed by atoms with Crippen molar-refractivity contribution in [3.63, 3.8) is 0 Å². The minimum Gasteiger partial charge on any atom is -0.330 e. The van der Waals surface area contributed by atoms with Gasteiger partial charge in [0.05, 0.1) is 5.75 Å². The zero-order valence-corrected chi connectivity index (χ0v) is 17.2. The van der Waals surface area contributed by atoms with Crippen molar-refractivity contribution in [2.45, 2.75) is 17.7 Å². The number of thioether (sulfide) groups is 1. The van der Waals surface area contributed by atoms with E-state index in [9.17, 15) is 13.2 Å². The van der Waals surface area contributed by atoms with Gasteiger partial charge in [0, 0.05) is 38.1 Å². The van der Waals surface area contributed by atoms with Crippen LogP contribution < -0.4 is 10.6 Å². The zero-order chi connectivity index (χ0) is 19.2. The van der Waals surface area contributed by atoms with E-state index in [4.69, 9.17) is 0 Å². The van der Waals surface area contributed by atoms with Crippen LogP contribution in [0.25, 0.3) is 0 Å². The summed E-state index contributed by atoms with van der Waals surface area (Å²) < 4.78 is 25.4. The molecule has 2 rings (SSSR count). The first-order chi connectivity index (χ1) is 12.3. The first kappa shape index (κ1) is 20.6. The van der Waals surface area contributed by atoms with E-state index >= 15 is 0 Å². The molecule has 0 atom stereocenters. The lowest BCUT2D eigenvalue weighted by molar-refractivity contribution is -0.114. The third-order valence-electron chi connectivity index (χ3n) is 3.17. The molecule has 2 aromatic rings. The van der Waals surface area contributed by atoms with E-state index in [1.165, 1.54) is 48.4 Å². The standard InChI is InChI=1S/C15H21N5O3S3/c1-11(21)16-12-6-4-7-13(10-12)17-14-18-19-15(25-14)24-8-5-9-26(22,23)20(2)3/h4,6-7,10H,5,8-9H2,1-3H3,(H,16,21)(H,17,18). The molecule has 0 aliphatic heterocycles. The Morgan fingerprint density at radius 1 is 1.27 bits per heavy atom. The number of carbonyl (C=O) groups excluding carboxylic acids is 1. The number of anilines is 3. The Kier molecular flexibility index (Phi) is 7.38. The van der Waals surface area contributed by atoms with Gasteiger partial charge < -0.3 is 10.6 Å². The van der Waals surface area contributed by atoms with Gasteiger partial charge in [-0.2, -0.15) is 0 Å². The minimum absolute atomic E-state index is 0.118. The van der Waals surface area contributed by atoms with Crippen molar-refractivity contribution in [3.8, 4) is 0 Å². The number of amides is 1. The maximum atomic E-state index is 11.7. The van der Waals surface area contributed by atoms with Crippen molar-refractivity contribution in [2.75, 3.05) is 36.2 Å². The van der Waals surface area contributed by atoms with E-state index in [0.29, 0.717) is 23.0 Å². The van der Waals surface area contributed by atoms with Crippen LogP contribution >= 0.6 is 23.1 Å². The van der Waals surface area contributed by atoms with Crippen LogP contribution in [0.4, 0.5) is 16.5 Å². The van der Waals surface area contributed by atoms with Crippen LogP contribution in [-0.2, 0) is 14.8 Å². The predicted molar refractivity (Wildman–Crippen MR) is 107 cm³/mol. The monoisotopic (exact) mass is 415 g/mol. The van der Waals surface area contributed by atoms with Crippen molar-refractivity contribution < 1.29 is 13.2 Å². The van der Waals surface area contributed by atoms with E-state index in [-0.39, 0.29) is 11.7 Å². The lowest BCUT2D eigenvalue weighted by atomic mass is 10.3. The highest BCUT2D eigenvalue weighted by molar-refractivity contribution is 8.01. The number of hydrogen-bond donors (Lipinski definition) is 2. The fraction of sp³-hybridized carbons (Fsp3) is 0.400. The Morgan fingerprint density at radius 3 is 2.69 bits per heavy atom. The van der Waals surface area contributed by atoms with Gasteiger partial charge in [-0.3, -0.25) is 4.79 Å². The fourth-order valence-electron chi connectivity index (χ4n) is 1.90. The molecule has 8 nitrogen and oxygen atoms in total. The number of hydrogen-bond acceptors (Lipinski definition) is 8. The number of nitrogens with one attached hydrogen (secondary N) is 2. The Morgan fingerprint density at radius 2 is 2.00 bits per heavy atom. The van der Waals surface area contributed by atoms with Gasteiger partial charge in [0.15, 0.2) is 4.34 Å². The maximum absolute atomic E-state index is 11.7. The van der Waals surface area contributed by atoms with Crippen LogP contribution in [0.5, 0.6) is 0 Å². The number of sulfonamides is 1. The smallest absolute Gasteiger partial charge is 0.221 e. The van der Waals surface area contributed by atoms with E-state index in [0.717, 1.165) is 10.0 Å². The van der Waals surface area contributed by atoms with Gasteiger partial charge in [0.2, 0.25) is 21.1 Å². The largest absolute Gasteiger partial charge is 0.330 e. The number of aromatic nitrogens is 2. The zero-order valence-electron chi connectivity index (χ0n) is 14.7. The van der Waals surface area contributed by atoms with Crippen molar-refractivity contribution >= 4 is 55.5 Å². The molecule has 0 fully saturated rings. The molecular formula is C15H21N5O3S3. The second-order valence-electron chi connectivity index (χ2n) is 5.56. The van der Waals surface area contributed by atoms with Crippen molar-refractivity contribution in [1.29, 1.82) is 0 Å². The van der Waals surface area contributed by atoms with Crippen LogP contribution in [0.1, 0.15) is 13.3 Å². The molecule has 0 saturated heterocycles. The molecule has 0 unspecified atom stereocenters. The number of carbonyl (C=O) groups is 1. The Balaban J connectivity index is 1.85. The average Bonchev–Trinajstić information content (AvgIpc) is 2.98. The van der Waals surface area contributed by atoms with Gasteiger partial charge in [-0.1, -0.05) is 29.2 Å². The van der Waals surface area contributed by atoms with Gasteiger partial charge in [0.1, 0.15) is 0 Å². The number of rotatable bonds is 9. The molecule has 0 bridgehead atoms. The van der Waals surface area contributed by atoms with Crippen LogP contribution in [-0.4, -0.2) is 54.4 Å². The number of nitrogens with zero attached hydrogens (tertiary/aromatic N) is 3. The van der Waals surface area contributed by atoms with Gasteiger partial charge in [-0.05, 0) is 24.6 Å². The summed E-state index contributed by atoms with van der Waals surface area (Å²) in [5.74, 6) is 0.639. The molecule has 11 heteroatoms. The Hall–Kier alpha value is -1.69. The molecule has 0 saturated carbocycles. The van der Waals surface area contributed by atoms with Crippen LogP contribution in [0.15, 0.2) is 28.6 Å². The molecule has 0 aliphatic carbocycles. The minimum atomic E-state index is -3.16. The van der Waals surface area contributed by atoms with Crippen LogP contribution in [0.2, 0.25) is 0 Å². The van der Waals surface area contributed by atoms with E-state index < -0.39 is 10.0 Å². The molecular weight excluding hydrogens is 394 g/mol. The summed E-state index contributed by atoms with van der Waals surface area (Å²) in [6.07, 6.45) is 0.548. The van der Waals surface area contributed by atoms with E-state index in [1.807, 2.05) is 18.2 Å². The normalized spacial score (nSPS) is 11.5. The van der Waals surface area contributed by atoms with Gasteiger partial charge >= 0.3 is 0 Å². The SMILES string of the molecule is CC(=O)Nc1cccc(Nc2nnc(SCCCS(=O)(=O)N(C)C)s2)c1. The lowest BCUT2D eigenvalue weighted by Crippen LogP contribution is -2.25. The summed E-state index contributed by atoms with van der Waals surface area (Å²) in [5, 5.41) is 14.7. The average molecular weight is 416 g/mol. The molecule has 1 aromatic carbocycles. The van der Waals surface area contributed by atoms with Gasteiger partial charge in [-0.15, -0.1) is 10.2 Å². The highest BCUT2D eigenvalue weighted by Gasteiger charge is 2.13. The second kappa shape index (κ2) is 9.31. The fourth-order valence-corrected chi connectivity index (χ4v) is 4.74. The molecule has 142 valence electrons. The Bertz CT molecular complexity index is 852. The summed E-state index contributed by atoms with van der Waals surface area (Å²) in [4.78, 5) is 11.1. The third kappa shape index (κ3) is 6.56. The lowest BCUT2D eigenvalue weighted by Gasteiger charge is -2.10. The molecule has 0 spiro atoms. The quantitative estimate of drug-likeness (QED) is 0.479. The summed E-state index contributed by atoms with van der Waals surface area (Å²) in [5.41, 5.74) is 1.49. The molecule has 26 heavy (non-hydrogen) atoms. The van der Waals surface area contributed by atoms with Crippen molar-refractivity contribution in [1.82, 2.24) is 14.5 Å². The topological polar surface area (TPSA) is 104 Å². The summed E-state index contributed by atoms with van der Waals surface area (Å²) >= 11 is 2.87. The van der Waals surface area contributed by atoms with Crippen LogP contribution in [0, 0.1) is 0 Å². The second-order valence-corrected chi connectivity index (χ2v) is 10.2. The molecule has 0 aliphatic rings. The first-order valence-corrected chi connectivity index (χ1v) is 11.2. The first-order valence-electron chi connectivity index (χ1n) is 7.77. The van der Waals surface area contributed by atoms with Crippen LogP contribution in [0.3, 0.4) is 0 Å². The van der Waals surface area contributed by atoms with E-state index in [2.05, 4.69) is 20.8 Å². The molecule has 1 heterocycles. The number of benzene rings is 1. The Labute approximate surface area is 161 Å².